The molecule has 244 valence electrons. The molecule has 5 aliphatic rings. The second-order valence-electron chi connectivity index (χ2n) is 15.7. The van der Waals surface area contributed by atoms with E-state index in [0.29, 0.717) is 19.3 Å². The van der Waals surface area contributed by atoms with Crippen molar-refractivity contribution in [1.82, 2.24) is 0 Å². The van der Waals surface area contributed by atoms with Crippen LogP contribution in [0, 0.1) is 46.3 Å². The molecular weight excluding hydrogens is 540 g/mol. The lowest BCUT2D eigenvalue weighted by Crippen LogP contribution is -2.68. The van der Waals surface area contributed by atoms with Crippen molar-refractivity contribution in [1.29, 1.82) is 0 Å². The second kappa shape index (κ2) is 12.1. The fourth-order valence-corrected chi connectivity index (χ4v) is 10.9. The summed E-state index contributed by atoms with van der Waals surface area (Å²) in [5.41, 5.74) is -1.63. The minimum Gasteiger partial charge on any atom is -0.393 e. The first-order valence-electron chi connectivity index (χ1n) is 16.6. The van der Waals surface area contributed by atoms with E-state index in [2.05, 4.69) is 34.6 Å². The summed E-state index contributed by atoms with van der Waals surface area (Å²) < 4.78 is 17.2. The van der Waals surface area contributed by atoms with Crippen LogP contribution in [0.4, 0.5) is 0 Å². The number of aliphatic hydroxyl groups is 6. The topological polar surface area (TPSA) is 149 Å². The molecule has 0 aromatic heterocycles. The molecule has 42 heavy (non-hydrogen) atoms. The van der Waals surface area contributed by atoms with E-state index in [1.165, 1.54) is 7.11 Å². The maximum absolute atomic E-state index is 12.5. The minimum atomic E-state index is -1.13. The van der Waals surface area contributed by atoms with Gasteiger partial charge in [0.25, 0.3) is 0 Å². The molecule has 0 spiro atoms. The van der Waals surface area contributed by atoms with Gasteiger partial charge in [0.05, 0.1) is 36.6 Å². The van der Waals surface area contributed by atoms with Crippen molar-refractivity contribution in [2.75, 3.05) is 13.7 Å². The predicted molar refractivity (Wildman–Crippen MR) is 156 cm³/mol. The van der Waals surface area contributed by atoms with Crippen LogP contribution in [0.5, 0.6) is 0 Å². The van der Waals surface area contributed by atoms with Gasteiger partial charge in [0, 0.05) is 19.4 Å². The van der Waals surface area contributed by atoms with Gasteiger partial charge in [-0.1, -0.05) is 34.6 Å². The first kappa shape index (κ1) is 33.0. The van der Waals surface area contributed by atoms with E-state index in [4.69, 9.17) is 14.2 Å². The molecule has 0 bridgehead atoms. The summed E-state index contributed by atoms with van der Waals surface area (Å²) >= 11 is 0. The largest absolute Gasteiger partial charge is 0.393 e. The van der Waals surface area contributed by atoms with E-state index in [0.717, 1.165) is 32.1 Å². The Morgan fingerprint density at radius 1 is 0.881 bits per heavy atom. The van der Waals surface area contributed by atoms with Crippen LogP contribution in [0.1, 0.15) is 92.4 Å². The Hall–Kier alpha value is -0.360. The van der Waals surface area contributed by atoms with E-state index in [1.54, 1.807) is 0 Å². The van der Waals surface area contributed by atoms with Crippen molar-refractivity contribution in [3.8, 4) is 0 Å². The highest BCUT2D eigenvalue weighted by Gasteiger charge is 2.70. The number of fused-ring (bicyclic) bond motifs is 5. The van der Waals surface area contributed by atoms with Gasteiger partial charge in [0.1, 0.15) is 18.3 Å². The first-order chi connectivity index (χ1) is 19.7. The molecule has 6 N–H and O–H groups in total. The lowest BCUT2D eigenvalue weighted by atomic mass is 9.42. The summed E-state index contributed by atoms with van der Waals surface area (Å²) in [7, 11) is 1.46. The number of rotatable bonds is 8. The molecular formula is C33H58O9. The molecule has 0 amide bonds. The Kier molecular flexibility index (Phi) is 9.51. The van der Waals surface area contributed by atoms with Crippen LogP contribution in [-0.4, -0.2) is 99.0 Å². The third kappa shape index (κ3) is 5.41. The quantitative estimate of drug-likeness (QED) is 0.248. The van der Waals surface area contributed by atoms with Gasteiger partial charge in [-0.15, -0.1) is 0 Å². The van der Waals surface area contributed by atoms with E-state index in [1.807, 2.05) is 0 Å². The zero-order chi connectivity index (χ0) is 30.8. The van der Waals surface area contributed by atoms with Crippen LogP contribution < -0.4 is 0 Å². The SMILES string of the molecule is CO[C@@H]1[C@@H](O)[C@H](OC(CC[C@@H](C)[C@H]2CC(O)[C@@H]3[C@]2(C)CC[C@H]2[C@@]3(O)CC(O)C3CC(O)CC[C@@]32C)C(C)C)OC[C@H]1O. The summed E-state index contributed by atoms with van der Waals surface area (Å²) in [5.74, 6) is 0.355. The van der Waals surface area contributed by atoms with Gasteiger partial charge in [0.15, 0.2) is 6.29 Å². The Morgan fingerprint density at radius 3 is 2.24 bits per heavy atom. The number of hydrogen-bond donors (Lipinski definition) is 6. The van der Waals surface area contributed by atoms with Gasteiger partial charge in [-0.3, -0.25) is 0 Å². The molecule has 0 aromatic rings. The molecule has 1 aliphatic heterocycles. The highest BCUT2D eigenvalue weighted by molar-refractivity contribution is 5.20. The Labute approximate surface area is 251 Å². The molecule has 4 aliphatic carbocycles. The van der Waals surface area contributed by atoms with Gasteiger partial charge >= 0.3 is 0 Å². The Morgan fingerprint density at radius 2 is 1.57 bits per heavy atom. The summed E-state index contributed by atoms with van der Waals surface area (Å²) in [6, 6.07) is 0. The Bertz CT molecular complexity index is 933. The van der Waals surface area contributed by atoms with Crippen molar-refractivity contribution < 1.29 is 44.8 Å². The molecule has 0 aromatic carbocycles. The number of ether oxygens (including phenoxy) is 3. The molecule has 5 rings (SSSR count). The zero-order valence-electron chi connectivity index (χ0n) is 26.6. The molecule has 9 nitrogen and oxygen atoms in total. The molecule has 1 heterocycles. The van der Waals surface area contributed by atoms with E-state index in [9.17, 15) is 30.6 Å². The normalized spacial score (nSPS) is 52.4. The molecule has 0 radical (unpaired) electrons. The predicted octanol–water partition coefficient (Wildman–Crippen LogP) is 2.61. The van der Waals surface area contributed by atoms with Crippen molar-refractivity contribution in [2.24, 2.45) is 46.3 Å². The molecule has 5 fully saturated rings. The zero-order valence-corrected chi connectivity index (χ0v) is 26.6. The van der Waals surface area contributed by atoms with Gasteiger partial charge in [-0.25, -0.2) is 0 Å². The van der Waals surface area contributed by atoms with E-state index >= 15 is 0 Å². The molecule has 4 saturated carbocycles. The lowest BCUT2D eigenvalue weighted by Gasteiger charge is -2.66. The smallest absolute Gasteiger partial charge is 0.186 e. The van der Waals surface area contributed by atoms with E-state index in [-0.39, 0.29) is 71.6 Å². The van der Waals surface area contributed by atoms with Gasteiger partial charge < -0.3 is 44.8 Å². The van der Waals surface area contributed by atoms with Crippen LogP contribution in [0.25, 0.3) is 0 Å². The number of aliphatic hydroxyl groups excluding tert-OH is 5. The third-order valence-corrected chi connectivity index (χ3v) is 13.1. The standard InChI is InChI=1S/C33H58O9/c1-17(2)25(42-30-27(38)28(40-6)24(37)16-41-30)8-7-18(3)20-14-22(35)29-32(20,5)12-10-26-31(4)11-9-19(34)13-21(31)23(36)15-33(26,29)39/h17-30,34-39H,7-16H2,1-6H3/t18-,19?,20-,21?,22?,23?,24-,25?,26-,27-,28+,29-,30+,31+,32-,33+/m1/s1. The monoisotopic (exact) mass is 598 g/mol. The van der Waals surface area contributed by atoms with Gasteiger partial charge in [-0.05, 0) is 91.8 Å². The molecule has 16 atom stereocenters. The Balaban J connectivity index is 1.28. The van der Waals surface area contributed by atoms with E-state index < -0.39 is 42.4 Å². The molecule has 5 unspecified atom stereocenters. The summed E-state index contributed by atoms with van der Waals surface area (Å²) in [6.07, 6.45) is 0.929. The van der Waals surface area contributed by atoms with Crippen LogP contribution >= 0.6 is 0 Å². The second-order valence-corrected chi connectivity index (χ2v) is 15.7. The van der Waals surface area contributed by atoms with Crippen LogP contribution in [0.15, 0.2) is 0 Å². The van der Waals surface area contributed by atoms with Crippen LogP contribution in [-0.2, 0) is 14.2 Å². The van der Waals surface area contributed by atoms with Gasteiger partial charge in [-0.2, -0.15) is 0 Å². The van der Waals surface area contributed by atoms with Crippen molar-refractivity contribution in [2.45, 2.75) is 147 Å². The molecule has 1 saturated heterocycles. The highest BCUT2D eigenvalue weighted by atomic mass is 16.7. The fourth-order valence-electron chi connectivity index (χ4n) is 10.9. The van der Waals surface area contributed by atoms with Gasteiger partial charge in [0.2, 0.25) is 0 Å². The third-order valence-electron chi connectivity index (χ3n) is 13.1. The highest BCUT2D eigenvalue weighted by Crippen LogP contribution is 2.69. The average molecular weight is 599 g/mol. The lowest BCUT2D eigenvalue weighted by molar-refractivity contribution is -0.290. The maximum Gasteiger partial charge on any atom is 0.186 e. The minimum absolute atomic E-state index is 0.00256. The van der Waals surface area contributed by atoms with Crippen molar-refractivity contribution in [3.05, 3.63) is 0 Å². The maximum atomic E-state index is 12.5. The summed E-state index contributed by atoms with van der Waals surface area (Å²) in [5, 5.41) is 66.7. The first-order valence-corrected chi connectivity index (χ1v) is 16.6. The summed E-state index contributed by atoms with van der Waals surface area (Å²) in [4.78, 5) is 0. The average Bonchev–Trinajstić information content (AvgIpc) is 3.19. The summed E-state index contributed by atoms with van der Waals surface area (Å²) in [6.45, 7) is 10.9. The number of methoxy groups -OCH3 is 1. The van der Waals surface area contributed by atoms with Crippen LogP contribution in [0.3, 0.4) is 0 Å². The van der Waals surface area contributed by atoms with Crippen molar-refractivity contribution >= 4 is 0 Å². The molecule has 9 heteroatoms. The number of hydrogen-bond acceptors (Lipinski definition) is 9. The fraction of sp³-hybridized carbons (Fsp3) is 1.00. The van der Waals surface area contributed by atoms with Crippen molar-refractivity contribution in [3.63, 3.8) is 0 Å². The van der Waals surface area contributed by atoms with Crippen LogP contribution in [0.2, 0.25) is 0 Å².